The number of ether oxygens (including phenoxy) is 2. The van der Waals surface area contributed by atoms with Crippen molar-refractivity contribution in [2.45, 2.75) is 54.5 Å². The number of likely N-dealkylation sites (N-methyl/N-ethyl adjacent to an activating group) is 1. The molecular formula is C21H29FN2O6S2. The molecule has 0 unspecified atom stereocenters. The second-order valence-corrected chi connectivity index (χ2v) is 11.1. The van der Waals surface area contributed by atoms with Crippen LogP contribution in [0.5, 0.6) is 5.75 Å². The number of unbranched alkanes of at least 4 members (excludes halogenated alkanes) is 1. The van der Waals surface area contributed by atoms with Gasteiger partial charge < -0.3 is 19.5 Å². The molecule has 1 aromatic rings. The van der Waals surface area contributed by atoms with E-state index in [0.29, 0.717) is 36.6 Å². The summed E-state index contributed by atoms with van der Waals surface area (Å²) in [5, 5.41) is 8.74. The van der Waals surface area contributed by atoms with Gasteiger partial charge in [0.05, 0.1) is 29.3 Å². The van der Waals surface area contributed by atoms with E-state index in [-0.39, 0.29) is 22.2 Å². The van der Waals surface area contributed by atoms with Crippen LogP contribution in [0.25, 0.3) is 0 Å². The van der Waals surface area contributed by atoms with E-state index in [1.807, 2.05) is 6.92 Å². The third-order valence-corrected chi connectivity index (χ3v) is 8.66. The molecule has 1 fully saturated rings. The molecule has 1 N–H and O–H groups in total. The molecule has 0 radical (unpaired) electrons. The van der Waals surface area contributed by atoms with Crippen LogP contribution in [0.15, 0.2) is 34.0 Å². The van der Waals surface area contributed by atoms with Crippen molar-refractivity contribution in [3.63, 3.8) is 0 Å². The number of hydrogen-bond acceptors (Lipinski definition) is 7. The van der Waals surface area contributed by atoms with E-state index in [1.54, 1.807) is 19.4 Å². The maximum Gasteiger partial charge on any atom is 0.368 e. The lowest BCUT2D eigenvalue weighted by Crippen LogP contribution is -2.62. The lowest BCUT2D eigenvalue weighted by Gasteiger charge is -2.49. The minimum absolute atomic E-state index is 0.0454. The predicted molar refractivity (Wildman–Crippen MR) is 121 cm³/mol. The molecule has 32 heavy (non-hydrogen) atoms. The molecule has 3 rings (SSSR count). The van der Waals surface area contributed by atoms with Crippen LogP contribution in [0.4, 0.5) is 10.1 Å². The first-order valence-electron chi connectivity index (χ1n) is 10.4. The van der Waals surface area contributed by atoms with Crippen LogP contribution in [0.2, 0.25) is 0 Å². The van der Waals surface area contributed by atoms with E-state index in [1.165, 1.54) is 22.1 Å². The highest BCUT2D eigenvalue weighted by atomic mass is 32.2. The molecular weight excluding hydrogens is 459 g/mol. The van der Waals surface area contributed by atoms with Gasteiger partial charge in [0.25, 0.3) is 0 Å². The van der Waals surface area contributed by atoms with Crippen LogP contribution < -0.4 is 9.64 Å². The number of fused-ring (bicyclic) bond motifs is 1. The van der Waals surface area contributed by atoms with Gasteiger partial charge >= 0.3 is 5.97 Å². The lowest BCUT2D eigenvalue weighted by atomic mass is 9.95. The standard InChI is InChI=1S/C21H29FN2O6S2/c1-5-6-7-14-10-24(21(2)12-29-13-21)16-8-18(31-4)17(30-11-15(22)20(25)26)9-19(16)32(27,28)23(14)3/h8-9,11,14H,5-7,10,12-13H2,1-4H3,(H,25,26)/b15-11-/t14-/m1/s1. The molecule has 1 saturated heterocycles. The quantitative estimate of drug-likeness (QED) is 0.338. The Morgan fingerprint density at radius 1 is 1.44 bits per heavy atom. The van der Waals surface area contributed by atoms with Crippen molar-refractivity contribution in [2.24, 2.45) is 0 Å². The summed E-state index contributed by atoms with van der Waals surface area (Å²) >= 11 is 1.30. The number of carboxylic acid groups (broad SMARTS) is 1. The smallest absolute Gasteiger partial charge is 0.368 e. The Labute approximate surface area is 192 Å². The first kappa shape index (κ1) is 24.8. The summed E-state index contributed by atoms with van der Waals surface area (Å²) in [6.07, 6.45) is 4.82. The summed E-state index contributed by atoms with van der Waals surface area (Å²) in [5.74, 6) is -3.17. The predicted octanol–water partition coefficient (Wildman–Crippen LogP) is 3.47. The second-order valence-electron chi connectivity index (χ2n) is 8.28. The maximum absolute atomic E-state index is 13.6. The average molecular weight is 489 g/mol. The van der Waals surface area contributed by atoms with E-state index in [0.717, 1.165) is 19.3 Å². The van der Waals surface area contributed by atoms with Crippen molar-refractivity contribution >= 4 is 33.4 Å². The summed E-state index contributed by atoms with van der Waals surface area (Å²) in [6, 6.07) is 2.85. The summed E-state index contributed by atoms with van der Waals surface area (Å²) in [6.45, 7) is 5.59. The van der Waals surface area contributed by atoms with Crippen LogP contribution >= 0.6 is 11.8 Å². The average Bonchev–Trinajstić information content (AvgIpc) is 2.81. The highest BCUT2D eigenvalue weighted by Crippen LogP contribution is 2.44. The van der Waals surface area contributed by atoms with Crippen molar-refractivity contribution in [2.75, 3.05) is 38.0 Å². The fourth-order valence-corrected chi connectivity index (χ4v) is 6.02. The number of hydrogen-bond donors (Lipinski definition) is 1. The number of sulfonamides is 1. The molecule has 2 heterocycles. The molecule has 0 bridgehead atoms. The van der Waals surface area contributed by atoms with Gasteiger partial charge in [-0.15, -0.1) is 11.8 Å². The first-order valence-corrected chi connectivity index (χ1v) is 13.0. The molecule has 0 aromatic heterocycles. The van der Waals surface area contributed by atoms with Gasteiger partial charge in [-0.2, -0.15) is 8.70 Å². The highest BCUT2D eigenvalue weighted by molar-refractivity contribution is 7.98. The van der Waals surface area contributed by atoms with Gasteiger partial charge in [-0.05, 0) is 25.7 Å². The third kappa shape index (κ3) is 4.61. The largest absolute Gasteiger partial charge is 0.476 e. The molecule has 11 heteroatoms. The number of benzene rings is 1. The molecule has 0 spiro atoms. The number of rotatable bonds is 8. The molecule has 0 amide bonds. The van der Waals surface area contributed by atoms with Gasteiger partial charge in [-0.1, -0.05) is 19.8 Å². The third-order valence-electron chi connectivity index (χ3n) is 5.96. The lowest BCUT2D eigenvalue weighted by molar-refractivity contribution is -0.134. The van der Waals surface area contributed by atoms with Crippen molar-refractivity contribution in [1.29, 1.82) is 0 Å². The molecule has 8 nitrogen and oxygen atoms in total. The van der Waals surface area contributed by atoms with Gasteiger partial charge in [0.1, 0.15) is 16.9 Å². The number of thioether (sulfide) groups is 1. The summed E-state index contributed by atoms with van der Waals surface area (Å²) in [7, 11) is -2.31. The summed E-state index contributed by atoms with van der Waals surface area (Å²) < 4.78 is 52.8. The minimum Gasteiger partial charge on any atom is -0.476 e. The summed E-state index contributed by atoms with van der Waals surface area (Å²) in [5.41, 5.74) is 0.189. The normalized spacial score (nSPS) is 22.6. The SMILES string of the molecule is CCCC[C@@H]1CN(C2(C)COC2)c2cc(SC)c(O/C=C(\F)C(=O)O)cc2S(=O)(=O)N1C. The molecule has 2 aliphatic heterocycles. The van der Waals surface area contributed by atoms with Crippen molar-refractivity contribution < 1.29 is 32.2 Å². The zero-order valence-electron chi connectivity index (χ0n) is 18.6. The van der Waals surface area contributed by atoms with E-state index in [2.05, 4.69) is 11.8 Å². The van der Waals surface area contributed by atoms with Crippen molar-refractivity contribution in [1.82, 2.24) is 4.31 Å². The molecule has 2 aliphatic rings. The topological polar surface area (TPSA) is 96.4 Å². The first-order chi connectivity index (χ1) is 15.0. The molecule has 0 saturated carbocycles. The van der Waals surface area contributed by atoms with E-state index in [9.17, 15) is 17.6 Å². The summed E-state index contributed by atoms with van der Waals surface area (Å²) in [4.78, 5) is 13.5. The zero-order valence-corrected chi connectivity index (χ0v) is 20.3. The van der Waals surface area contributed by atoms with Crippen molar-refractivity contribution in [3.05, 3.63) is 24.2 Å². The zero-order chi connectivity index (χ0) is 23.7. The van der Waals surface area contributed by atoms with Crippen LogP contribution in [0.3, 0.4) is 0 Å². The van der Waals surface area contributed by atoms with Gasteiger partial charge in [0.2, 0.25) is 15.9 Å². The Morgan fingerprint density at radius 2 is 2.12 bits per heavy atom. The second kappa shape index (κ2) is 9.58. The number of carbonyl (C=O) groups is 1. The Hall–Kier alpha value is -1.82. The number of nitrogens with zero attached hydrogens (tertiary/aromatic N) is 2. The van der Waals surface area contributed by atoms with Crippen LogP contribution in [0, 0.1) is 0 Å². The van der Waals surface area contributed by atoms with E-state index in [4.69, 9.17) is 14.6 Å². The number of anilines is 1. The molecule has 178 valence electrons. The van der Waals surface area contributed by atoms with Gasteiger partial charge in [-0.25, -0.2) is 13.2 Å². The van der Waals surface area contributed by atoms with Gasteiger partial charge in [0, 0.05) is 25.7 Å². The van der Waals surface area contributed by atoms with E-state index < -0.39 is 21.8 Å². The fraction of sp³-hybridized carbons (Fsp3) is 0.571. The Balaban J connectivity index is 2.17. The van der Waals surface area contributed by atoms with Crippen molar-refractivity contribution in [3.8, 4) is 5.75 Å². The number of aliphatic carboxylic acids is 1. The van der Waals surface area contributed by atoms with Gasteiger partial charge in [0.15, 0.2) is 0 Å². The maximum atomic E-state index is 13.6. The van der Waals surface area contributed by atoms with E-state index >= 15 is 0 Å². The van der Waals surface area contributed by atoms with Crippen LogP contribution in [-0.4, -0.2) is 68.4 Å². The molecule has 1 atom stereocenters. The highest BCUT2D eigenvalue weighted by Gasteiger charge is 2.46. The fourth-order valence-electron chi connectivity index (χ4n) is 3.92. The van der Waals surface area contributed by atoms with Gasteiger partial charge in [-0.3, -0.25) is 0 Å². The van der Waals surface area contributed by atoms with Crippen LogP contribution in [0.1, 0.15) is 33.1 Å². The minimum atomic E-state index is -3.89. The number of halogens is 1. The Morgan fingerprint density at radius 3 is 2.66 bits per heavy atom. The van der Waals surface area contributed by atoms with Crippen LogP contribution in [-0.2, 0) is 19.6 Å². The Bertz CT molecular complexity index is 1010. The number of carboxylic acids is 1. The monoisotopic (exact) mass is 488 g/mol. The molecule has 1 aromatic carbocycles. The molecule has 0 aliphatic carbocycles. The Kier molecular flexibility index (Phi) is 7.43.